The van der Waals surface area contributed by atoms with Crippen molar-refractivity contribution in [1.82, 2.24) is 0 Å². The van der Waals surface area contributed by atoms with E-state index in [-0.39, 0.29) is 5.41 Å². The van der Waals surface area contributed by atoms with Crippen LogP contribution in [0.4, 0.5) is 0 Å². The fourth-order valence-corrected chi connectivity index (χ4v) is 0.809. The average Bonchev–Trinajstić information content (AvgIpc) is 2.13. The number of ether oxygens (including phenoxy) is 1. The van der Waals surface area contributed by atoms with Gasteiger partial charge in [-0.05, 0) is 6.92 Å². The highest BCUT2D eigenvalue weighted by atomic mass is 16.6. The van der Waals surface area contributed by atoms with Gasteiger partial charge in [-0.15, -0.1) is 0 Å². The minimum atomic E-state index is 0.240. The van der Waals surface area contributed by atoms with Crippen LogP contribution in [0.1, 0.15) is 27.7 Å². The summed E-state index contributed by atoms with van der Waals surface area (Å²) in [4.78, 5) is 0. The molecule has 0 aromatic rings. The lowest BCUT2D eigenvalue weighted by Crippen LogP contribution is -2.01. The van der Waals surface area contributed by atoms with Crippen LogP contribution < -0.4 is 0 Å². The Morgan fingerprint density at radius 2 is 1.62 bits per heavy atom. The molecule has 0 fully saturated rings. The molecule has 0 saturated heterocycles. The molecule has 1 heteroatoms. The highest BCUT2D eigenvalue weighted by Gasteiger charge is 2.32. The molecule has 0 aliphatic carbocycles. The highest BCUT2D eigenvalue weighted by Crippen LogP contribution is 2.40. The first-order valence-electron chi connectivity index (χ1n) is 2.91. The quantitative estimate of drug-likeness (QED) is 0.468. The smallest absolute Gasteiger partial charge is 0.147 e. The topological polar surface area (TPSA) is 12.5 Å². The van der Waals surface area contributed by atoms with E-state index in [0.717, 1.165) is 11.5 Å². The standard InChI is InChI=1S/C7H12O/c1-5-6(8-5)7(2,3)4/h1-4H3. The van der Waals surface area contributed by atoms with Crippen LogP contribution in [0.2, 0.25) is 0 Å². The average molecular weight is 112 g/mol. The summed E-state index contributed by atoms with van der Waals surface area (Å²) in [6, 6.07) is 0. The van der Waals surface area contributed by atoms with Crippen LogP contribution in [0.15, 0.2) is 11.5 Å². The summed E-state index contributed by atoms with van der Waals surface area (Å²) in [6.45, 7) is 8.46. The zero-order chi connectivity index (χ0) is 6.36. The molecule has 1 heterocycles. The molecular weight excluding hydrogens is 100 g/mol. The zero-order valence-corrected chi connectivity index (χ0v) is 5.91. The Balaban J connectivity index is 2.63. The number of rotatable bonds is 0. The van der Waals surface area contributed by atoms with Crippen molar-refractivity contribution in [3.05, 3.63) is 11.5 Å². The van der Waals surface area contributed by atoms with Crippen molar-refractivity contribution in [3.8, 4) is 0 Å². The van der Waals surface area contributed by atoms with Crippen molar-refractivity contribution >= 4 is 0 Å². The van der Waals surface area contributed by atoms with Gasteiger partial charge < -0.3 is 4.74 Å². The van der Waals surface area contributed by atoms with Gasteiger partial charge in [-0.2, -0.15) is 0 Å². The number of hydrogen-bond donors (Lipinski definition) is 0. The van der Waals surface area contributed by atoms with E-state index in [2.05, 4.69) is 20.8 Å². The van der Waals surface area contributed by atoms with Gasteiger partial charge in [-0.25, -0.2) is 0 Å². The van der Waals surface area contributed by atoms with Crippen LogP contribution >= 0.6 is 0 Å². The van der Waals surface area contributed by atoms with E-state index < -0.39 is 0 Å². The first-order chi connectivity index (χ1) is 3.52. The first kappa shape index (κ1) is 5.67. The third kappa shape index (κ3) is 0.857. The zero-order valence-electron chi connectivity index (χ0n) is 5.91. The normalized spacial score (nSPS) is 18.5. The molecule has 8 heavy (non-hydrogen) atoms. The lowest BCUT2D eigenvalue weighted by atomic mass is 9.96. The molecule has 0 spiro atoms. The molecule has 1 rings (SSSR count). The van der Waals surface area contributed by atoms with Gasteiger partial charge >= 0.3 is 0 Å². The highest BCUT2D eigenvalue weighted by molar-refractivity contribution is 5.20. The second-order valence-corrected chi connectivity index (χ2v) is 3.24. The van der Waals surface area contributed by atoms with Crippen LogP contribution in [0, 0.1) is 5.41 Å². The molecule has 0 amide bonds. The maximum Gasteiger partial charge on any atom is 0.147 e. The Labute approximate surface area is 50.3 Å². The molecule has 0 N–H and O–H groups in total. The summed E-state index contributed by atoms with van der Waals surface area (Å²) in [5, 5.41) is 0. The van der Waals surface area contributed by atoms with Gasteiger partial charge in [0.05, 0.1) is 0 Å². The lowest BCUT2D eigenvalue weighted by molar-refractivity contribution is 0.354. The summed E-state index contributed by atoms with van der Waals surface area (Å²) in [7, 11) is 0. The van der Waals surface area contributed by atoms with Crippen LogP contribution in [-0.4, -0.2) is 0 Å². The monoisotopic (exact) mass is 112 g/mol. The lowest BCUT2D eigenvalue weighted by Gasteiger charge is -2.08. The number of hydrogen-bond acceptors (Lipinski definition) is 1. The van der Waals surface area contributed by atoms with Crippen molar-refractivity contribution in [1.29, 1.82) is 0 Å². The molecule has 1 nitrogen and oxygen atoms in total. The molecule has 0 aromatic carbocycles. The molecule has 1 aliphatic rings. The molecule has 0 bridgehead atoms. The van der Waals surface area contributed by atoms with E-state index in [1.807, 2.05) is 6.92 Å². The van der Waals surface area contributed by atoms with E-state index in [1.165, 1.54) is 0 Å². The van der Waals surface area contributed by atoms with Gasteiger partial charge in [-0.1, -0.05) is 20.8 Å². The van der Waals surface area contributed by atoms with E-state index in [0.29, 0.717) is 0 Å². The summed E-state index contributed by atoms with van der Waals surface area (Å²) >= 11 is 0. The van der Waals surface area contributed by atoms with E-state index in [4.69, 9.17) is 4.74 Å². The molecule has 0 aromatic heterocycles. The minimum Gasteiger partial charge on any atom is -0.459 e. The van der Waals surface area contributed by atoms with Crippen LogP contribution in [0.3, 0.4) is 0 Å². The fraction of sp³-hybridized carbons (Fsp3) is 0.714. The summed E-state index contributed by atoms with van der Waals surface area (Å²) in [6.07, 6.45) is 0. The van der Waals surface area contributed by atoms with Gasteiger partial charge in [0, 0.05) is 5.41 Å². The van der Waals surface area contributed by atoms with Crippen LogP contribution in [0.25, 0.3) is 0 Å². The molecule has 0 unspecified atom stereocenters. The van der Waals surface area contributed by atoms with Crippen molar-refractivity contribution in [3.63, 3.8) is 0 Å². The van der Waals surface area contributed by atoms with E-state index in [1.54, 1.807) is 0 Å². The van der Waals surface area contributed by atoms with Crippen molar-refractivity contribution in [2.24, 2.45) is 5.41 Å². The van der Waals surface area contributed by atoms with Crippen molar-refractivity contribution < 1.29 is 4.74 Å². The SMILES string of the molecule is CC1=C(C(C)(C)C)O1. The fourth-order valence-electron chi connectivity index (χ4n) is 0.809. The van der Waals surface area contributed by atoms with Crippen LogP contribution in [0.5, 0.6) is 0 Å². The van der Waals surface area contributed by atoms with Gasteiger partial charge in [0.25, 0.3) is 0 Å². The summed E-state index contributed by atoms with van der Waals surface area (Å²) < 4.78 is 5.11. The Morgan fingerprint density at radius 3 is 1.62 bits per heavy atom. The number of allylic oxidation sites excluding steroid dienone is 2. The second kappa shape index (κ2) is 1.28. The molecule has 46 valence electrons. The Hall–Kier alpha value is -0.460. The molecule has 0 saturated carbocycles. The molecule has 1 aliphatic heterocycles. The third-order valence-electron chi connectivity index (χ3n) is 1.21. The second-order valence-electron chi connectivity index (χ2n) is 3.24. The van der Waals surface area contributed by atoms with Crippen molar-refractivity contribution in [2.75, 3.05) is 0 Å². The van der Waals surface area contributed by atoms with Gasteiger partial charge in [0.1, 0.15) is 11.5 Å². The largest absolute Gasteiger partial charge is 0.459 e. The third-order valence-corrected chi connectivity index (χ3v) is 1.21. The van der Waals surface area contributed by atoms with Crippen molar-refractivity contribution in [2.45, 2.75) is 27.7 Å². The van der Waals surface area contributed by atoms with Gasteiger partial charge in [0.15, 0.2) is 0 Å². The maximum atomic E-state index is 5.11. The Morgan fingerprint density at radius 1 is 1.25 bits per heavy atom. The predicted molar refractivity (Wildman–Crippen MR) is 33.2 cm³/mol. The molecule has 0 radical (unpaired) electrons. The molecule has 0 atom stereocenters. The Kier molecular flexibility index (Phi) is 0.905. The van der Waals surface area contributed by atoms with Gasteiger partial charge in [0.2, 0.25) is 0 Å². The Bertz CT molecular complexity index is 137. The van der Waals surface area contributed by atoms with Crippen LogP contribution in [-0.2, 0) is 4.74 Å². The summed E-state index contributed by atoms with van der Waals surface area (Å²) in [5.41, 5.74) is 0.240. The predicted octanol–water partition coefficient (Wildman–Crippen LogP) is 2.29. The maximum absolute atomic E-state index is 5.11. The molecular formula is C7H12O. The van der Waals surface area contributed by atoms with Gasteiger partial charge in [-0.3, -0.25) is 0 Å². The minimum absolute atomic E-state index is 0.240. The summed E-state index contributed by atoms with van der Waals surface area (Å²) in [5.74, 6) is 2.27. The first-order valence-corrected chi connectivity index (χ1v) is 2.91. The van der Waals surface area contributed by atoms with E-state index >= 15 is 0 Å². The van der Waals surface area contributed by atoms with E-state index in [9.17, 15) is 0 Å².